The molecule has 0 aliphatic heterocycles. The Labute approximate surface area is 194 Å². The molecule has 172 valence electrons. The standard InChI is InChI=1S/C27H29FN2O3/c1-19-13-14-20(2)25(15-19)33-18-26(31)30(17-22-11-7-8-12-23(22)28)24(27(32)29-3)16-21-9-5-4-6-10-21/h4-15,24H,16-18H2,1-3H3,(H,29,32)/t24-/m0/s1. The summed E-state index contributed by atoms with van der Waals surface area (Å²) in [5.74, 6) is -0.547. The first-order valence-corrected chi connectivity index (χ1v) is 10.9. The van der Waals surface area contributed by atoms with Crippen molar-refractivity contribution in [3.8, 4) is 5.75 Å². The van der Waals surface area contributed by atoms with Gasteiger partial charge in [0.25, 0.3) is 5.91 Å². The molecule has 5 nitrogen and oxygen atoms in total. The molecular formula is C27H29FN2O3. The molecule has 3 aromatic carbocycles. The molecule has 2 amide bonds. The fraction of sp³-hybridized carbons (Fsp3) is 0.259. The van der Waals surface area contributed by atoms with Crippen molar-refractivity contribution in [3.05, 3.63) is 101 Å². The molecule has 0 saturated heterocycles. The molecule has 3 aromatic rings. The summed E-state index contributed by atoms with van der Waals surface area (Å²) >= 11 is 0. The van der Waals surface area contributed by atoms with Crippen molar-refractivity contribution in [1.82, 2.24) is 10.2 Å². The minimum atomic E-state index is -0.827. The molecular weight excluding hydrogens is 419 g/mol. The summed E-state index contributed by atoms with van der Waals surface area (Å²) in [5.41, 5.74) is 3.15. The van der Waals surface area contributed by atoms with Crippen LogP contribution >= 0.6 is 0 Å². The van der Waals surface area contributed by atoms with E-state index in [0.717, 1.165) is 16.7 Å². The molecule has 0 spiro atoms. The lowest BCUT2D eigenvalue weighted by Gasteiger charge is -2.31. The number of carbonyl (C=O) groups excluding carboxylic acids is 2. The molecule has 0 unspecified atom stereocenters. The zero-order chi connectivity index (χ0) is 23.8. The van der Waals surface area contributed by atoms with Crippen LogP contribution in [0, 0.1) is 19.7 Å². The first-order chi connectivity index (χ1) is 15.9. The number of nitrogens with one attached hydrogen (secondary N) is 1. The second-order valence-electron chi connectivity index (χ2n) is 7.99. The Balaban J connectivity index is 1.90. The van der Waals surface area contributed by atoms with Crippen LogP contribution in [0.5, 0.6) is 5.75 Å². The summed E-state index contributed by atoms with van der Waals surface area (Å²) in [5, 5.41) is 2.64. The lowest BCUT2D eigenvalue weighted by atomic mass is 10.0. The van der Waals surface area contributed by atoms with E-state index in [1.807, 2.05) is 62.4 Å². The lowest BCUT2D eigenvalue weighted by Crippen LogP contribution is -2.51. The molecule has 0 heterocycles. The predicted octanol–water partition coefficient (Wildman–Crippen LogP) is 4.21. The summed E-state index contributed by atoms with van der Waals surface area (Å²) in [7, 11) is 1.53. The van der Waals surface area contributed by atoms with Crippen LogP contribution in [0.1, 0.15) is 22.3 Å². The fourth-order valence-electron chi connectivity index (χ4n) is 3.62. The Hall–Kier alpha value is -3.67. The maximum Gasteiger partial charge on any atom is 0.261 e. The third-order valence-corrected chi connectivity index (χ3v) is 5.51. The van der Waals surface area contributed by atoms with Crippen LogP contribution in [0.15, 0.2) is 72.8 Å². The zero-order valence-corrected chi connectivity index (χ0v) is 19.2. The largest absolute Gasteiger partial charge is 0.483 e. The Kier molecular flexibility index (Phi) is 8.19. The quantitative estimate of drug-likeness (QED) is 0.534. The molecule has 0 saturated carbocycles. The highest BCUT2D eigenvalue weighted by Gasteiger charge is 2.30. The van der Waals surface area contributed by atoms with Crippen molar-refractivity contribution in [3.63, 3.8) is 0 Å². The highest BCUT2D eigenvalue weighted by molar-refractivity contribution is 5.88. The summed E-state index contributed by atoms with van der Waals surface area (Å²) in [4.78, 5) is 27.6. The van der Waals surface area contributed by atoms with Crippen LogP contribution in [0.4, 0.5) is 4.39 Å². The molecule has 0 aromatic heterocycles. The van der Waals surface area contributed by atoms with Gasteiger partial charge in [-0.3, -0.25) is 9.59 Å². The van der Waals surface area contributed by atoms with Gasteiger partial charge in [0.05, 0.1) is 0 Å². The molecule has 3 rings (SSSR count). The Morgan fingerprint density at radius 2 is 1.70 bits per heavy atom. The van der Waals surface area contributed by atoms with Gasteiger partial charge in [-0.2, -0.15) is 0 Å². The highest BCUT2D eigenvalue weighted by atomic mass is 19.1. The molecule has 0 bridgehead atoms. The number of amides is 2. The monoisotopic (exact) mass is 448 g/mol. The average molecular weight is 449 g/mol. The summed E-state index contributed by atoms with van der Waals surface area (Å²) in [6.07, 6.45) is 0.296. The van der Waals surface area contributed by atoms with E-state index < -0.39 is 17.8 Å². The van der Waals surface area contributed by atoms with E-state index in [-0.39, 0.29) is 19.1 Å². The van der Waals surface area contributed by atoms with Crippen molar-refractivity contribution in [1.29, 1.82) is 0 Å². The van der Waals surface area contributed by atoms with Crippen molar-refractivity contribution in [2.45, 2.75) is 32.9 Å². The SMILES string of the molecule is CNC(=O)[C@H](Cc1ccccc1)N(Cc1ccccc1F)C(=O)COc1cc(C)ccc1C. The van der Waals surface area contributed by atoms with E-state index in [1.165, 1.54) is 18.0 Å². The predicted molar refractivity (Wildman–Crippen MR) is 126 cm³/mol. The number of halogens is 1. The Bertz CT molecular complexity index is 1100. The first-order valence-electron chi connectivity index (χ1n) is 10.9. The van der Waals surface area contributed by atoms with Crippen LogP contribution in [-0.2, 0) is 22.6 Å². The third kappa shape index (κ3) is 6.42. The van der Waals surface area contributed by atoms with E-state index in [4.69, 9.17) is 4.74 Å². The van der Waals surface area contributed by atoms with Gasteiger partial charge in [0, 0.05) is 25.6 Å². The van der Waals surface area contributed by atoms with Gasteiger partial charge in [0.1, 0.15) is 17.6 Å². The molecule has 0 fully saturated rings. The van der Waals surface area contributed by atoms with Gasteiger partial charge in [-0.1, -0.05) is 60.7 Å². The number of likely N-dealkylation sites (N-methyl/N-ethyl adjacent to an activating group) is 1. The fourth-order valence-corrected chi connectivity index (χ4v) is 3.62. The van der Waals surface area contributed by atoms with Crippen LogP contribution < -0.4 is 10.1 Å². The number of aryl methyl sites for hydroxylation is 2. The normalized spacial score (nSPS) is 11.5. The van der Waals surface area contributed by atoms with Crippen LogP contribution in [0.2, 0.25) is 0 Å². The molecule has 1 N–H and O–H groups in total. The van der Waals surface area contributed by atoms with Gasteiger partial charge in [-0.05, 0) is 42.7 Å². The second kappa shape index (κ2) is 11.3. The summed E-state index contributed by atoms with van der Waals surface area (Å²) in [6.45, 7) is 3.53. The number of carbonyl (C=O) groups is 2. The Morgan fingerprint density at radius 3 is 2.39 bits per heavy atom. The average Bonchev–Trinajstić information content (AvgIpc) is 2.83. The van der Waals surface area contributed by atoms with Crippen LogP contribution in [-0.4, -0.2) is 36.4 Å². The van der Waals surface area contributed by atoms with E-state index in [9.17, 15) is 14.0 Å². The molecule has 0 radical (unpaired) electrons. The van der Waals surface area contributed by atoms with Crippen LogP contribution in [0.25, 0.3) is 0 Å². The molecule has 6 heteroatoms. The van der Waals surface area contributed by atoms with Crippen molar-refractivity contribution < 1.29 is 18.7 Å². The van der Waals surface area contributed by atoms with Crippen LogP contribution in [0.3, 0.4) is 0 Å². The number of nitrogens with zero attached hydrogens (tertiary/aromatic N) is 1. The number of ether oxygens (including phenoxy) is 1. The van der Waals surface area contributed by atoms with Gasteiger partial charge in [0.15, 0.2) is 6.61 Å². The Morgan fingerprint density at radius 1 is 1.00 bits per heavy atom. The van der Waals surface area contributed by atoms with E-state index in [2.05, 4.69) is 5.32 Å². The second-order valence-corrected chi connectivity index (χ2v) is 7.99. The zero-order valence-electron chi connectivity index (χ0n) is 19.2. The lowest BCUT2D eigenvalue weighted by molar-refractivity contribution is -0.142. The smallest absolute Gasteiger partial charge is 0.261 e. The van der Waals surface area contributed by atoms with Gasteiger partial charge < -0.3 is 15.0 Å². The molecule has 0 aliphatic rings. The maximum atomic E-state index is 14.5. The van der Waals surface area contributed by atoms with E-state index >= 15 is 0 Å². The third-order valence-electron chi connectivity index (χ3n) is 5.51. The number of hydrogen-bond acceptors (Lipinski definition) is 3. The summed E-state index contributed by atoms with van der Waals surface area (Å²) < 4.78 is 20.3. The molecule has 0 aliphatic carbocycles. The minimum absolute atomic E-state index is 0.0490. The molecule has 33 heavy (non-hydrogen) atoms. The van der Waals surface area contributed by atoms with Crippen molar-refractivity contribution in [2.75, 3.05) is 13.7 Å². The van der Waals surface area contributed by atoms with Crippen molar-refractivity contribution >= 4 is 11.8 Å². The van der Waals surface area contributed by atoms with E-state index in [0.29, 0.717) is 17.7 Å². The van der Waals surface area contributed by atoms with Gasteiger partial charge in [0.2, 0.25) is 5.91 Å². The number of hydrogen-bond donors (Lipinski definition) is 1. The summed E-state index contributed by atoms with van der Waals surface area (Å²) in [6, 6.07) is 20.6. The first kappa shape index (κ1) is 24.0. The maximum absolute atomic E-state index is 14.5. The van der Waals surface area contributed by atoms with Gasteiger partial charge >= 0.3 is 0 Å². The number of rotatable bonds is 9. The highest BCUT2D eigenvalue weighted by Crippen LogP contribution is 2.21. The van der Waals surface area contributed by atoms with Gasteiger partial charge in [-0.25, -0.2) is 4.39 Å². The van der Waals surface area contributed by atoms with E-state index in [1.54, 1.807) is 18.2 Å². The molecule has 1 atom stereocenters. The topological polar surface area (TPSA) is 58.6 Å². The minimum Gasteiger partial charge on any atom is -0.483 e. The van der Waals surface area contributed by atoms with Gasteiger partial charge in [-0.15, -0.1) is 0 Å². The number of benzene rings is 3. The van der Waals surface area contributed by atoms with Crippen molar-refractivity contribution in [2.24, 2.45) is 0 Å².